The minimum absolute atomic E-state index is 0.530. The van der Waals surface area contributed by atoms with E-state index in [1.807, 2.05) is 0 Å². The van der Waals surface area contributed by atoms with Crippen molar-refractivity contribution in [1.82, 2.24) is 0 Å². The Labute approximate surface area is 100 Å². The molecule has 1 saturated carbocycles. The number of hydrogen-bond donors (Lipinski definition) is 1. The lowest BCUT2D eigenvalue weighted by Gasteiger charge is -2.28. The van der Waals surface area contributed by atoms with Crippen molar-refractivity contribution in [2.75, 3.05) is 12.4 Å². The van der Waals surface area contributed by atoms with E-state index in [1.54, 1.807) is 0 Å². The van der Waals surface area contributed by atoms with Crippen molar-refractivity contribution >= 4 is 12.6 Å². The lowest BCUT2D eigenvalue weighted by atomic mass is 9.89. The molecular weight excluding hydrogens is 204 g/mol. The summed E-state index contributed by atoms with van der Waals surface area (Å²) in [5.74, 6) is 3.16. The fourth-order valence-electron chi connectivity index (χ4n) is 2.11. The minimum atomic E-state index is 0.530. The molecule has 1 fully saturated rings. The average Bonchev–Trinajstić information content (AvgIpc) is 2.21. The maximum atomic E-state index is 6.00. The number of rotatable bonds is 5. The van der Waals surface area contributed by atoms with Crippen molar-refractivity contribution in [1.29, 1.82) is 0 Å². The van der Waals surface area contributed by atoms with Gasteiger partial charge >= 0.3 is 0 Å². The van der Waals surface area contributed by atoms with Gasteiger partial charge in [0.05, 0.1) is 12.7 Å². The Balaban J connectivity index is 2.18. The highest BCUT2D eigenvalue weighted by Gasteiger charge is 2.20. The van der Waals surface area contributed by atoms with Gasteiger partial charge in [0.15, 0.2) is 0 Å². The van der Waals surface area contributed by atoms with E-state index < -0.39 is 0 Å². The summed E-state index contributed by atoms with van der Waals surface area (Å²) in [6, 6.07) is 0. The maximum Gasteiger partial charge on any atom is 0.0575 e. The molecule has 1 nitrogen and oxygen atoms in total. The Morgan fingerprint density at radius 3 is 2.27 bits per heavy atom. The van der Waals surface area contributed by atoms with Crippen LogP contribution in [0.15, 0.2) is 0 Å². The molecule has 1 aliphatic rings. The van der Waals surface area contributed by atoms with Gasteiger partial charge in [-0.05, 0) is 49.2 Å². The van der Waals surface area contributed by atoms with Crippen LogP contribution in [0.2, 0.25) is 0 Å². The van der Waals surface area contributed by atoms with Crippen LogP contribution in [0.4, 0.5) is 0 Å². The summed E-state index contributed by atoms with van der Waals surface area (Å²) in [5, 5.41) is 0. The molecule has 0 aromatic heterocycles. The SMILES string of the molecule is CC1CCC(OCC(CS)C(C)C)CC1. The molecule has 1 rings (SSSR count). The highest BCUT2D eigenvalue weighted by Crippen LogP contribution is 2.26. The van der Waals surface area contributed by atoms with Crippen LogP contribution in [0.5, 0.6) is 0 Å². The van der Waals surface area contributed by atoms with Crippen molar-refractivity contribution in [3.63, 3.8) is 0 Å². The first-order chi connectivity index (χ1) is 7.13. The Morgan fingerprint density at radius 2 is 1.80 bits per heavy atom. The first-order valence-electron chi connectivity index (χ1n) is 6.36. The second-order valence-electron chi connectivity index (χ2n) is 5.40. The summed E-state index contributed by atoms with van der Waals surface area (Å²) in [7, 11) is 0. The molecule has 0 spiro atoms. The van der Waals surface area contributed by atoms with Gasteiger partial charge < -0.3 is 4.74 Å². The van der Waals surface area contributed by atoms with E-state index >= 15 is 0 Å². The van der Waals surface area contributed by atoms with Crippen LogP contribution >= 0.6 is 12.6 Å². The molecule has 0 aromatic carbocycles. The Bertz CT molecular complexity index is 162. The highest BCUT2D eigenvalue weighted by atomic mass is 32.1. The summed E-state index contributed by atoms with van der Waals surface area (Å²) in [4.78, 5) is 0. The van der Waals surface area contributed by atoms with Gasteiger partial charge in [-0.25, -0.2) is 0 Å². The van der Waals surface area contributed by atoms with Gasteiger partial charge in [-0.2, -0.15) is 12.6 Å². The van der Waals surface area contributed by atoms with Crippen molar-refractivity contribution < 1.29 is 4.74 Å². The molecule has 0 N–H and O–H groups in total. The second-order valence-corrected chi connectivity index (χ2v) is 5.77. The summed E-state index contributed by atoms with van der Waals surface area (Å²) in [6.45, 7) is 7.77. The van der Waals surface area contributed by atoms with E-state index in [0.717, 1.165) is 18.3 Å². The highest BCUT2D eigenvalue weighted by molar-refractivity contribution is 7.80. The van der Waals surface area contributed by atoms with Crippen molar-refractivity contribution in [2.45, 2.75) is 52.6 Å². The zero-order valence-corrected chi connectivity index (χ0v) is 11.3. The summed E-state index contributed by atoms with van der Waals surface area (Å²) >= 11 is 4.39. The molecule has 0 bridgehead atoms. The van der Waals surface area contributed by atoms with Crippen LogP contribution in [0, 0.1) is 17.8 Å². The monoisotopic (exact) mass is 230 g/mol. The van der Waals surface area contributed by atoms with Crippen LogP contribution < -0.4 is 0 Å². The standard InChI is InChI=1S/C13H26OS/c1-10(2)12(9-15)8-14-13-6-4-11(3)5-7-13/h10-13,15H,4-9H2,1-3H3. The van der Waals surface area contributed by atoms with Gasteiger partial charge in [-0.3, -0.25) is 0 Å². The predicted molar refractivity (Wildman–Crippen MR) is 69.6 cm³/mol. The van der Waals surface area contributed by atoms with Gasteiger partial charge in [0, 0.05) is 0 Å². The average molecular weight is 230 g/mol. The van der Waals surface area contributed by atoms with Gasteiger partial charge in [-0.1, -0.05) is 20.8 Å². The summed E-state index contributed by atoms with van der Waals surface area (Å²) < 4.78 is 6.00. The largest absolute Gasteiger partial charge is 0.378 e. The Hall–Kier alpha value is 0.310. The molecular formula is C13H26OS. The minimum Gasteiger partial charge on any atom is -0.378 e. The molecule has 0 aliphatic heterocycles. The van der Waals surface area contributed by atoms with Gasteiger partial charge in [-0.15, -0.1) is 0 Å². The quantitative estimate of drug-likeness (QED) is 0.707. The van der Waals surface area contributed by atoms with Crippen molar-refractivity contribution in [3.05, 3.63) is 0 Å². The predicted octanol–water partition coefficient (Wildman–Crippen LogP) is 3.78. The topological polar surface area (TPSA) is 9.23 Å². The van der Waals surface area contributed by atoms with Crippen LogP contribution in [-0.4, -0.2) is 18.5 Å². The Morgan fingerprint density at radius 1 is 1.20 bits per heavy atom. The third kappa shape index (κ3) is 4.78. The molecule has 1 unspecified atom stereocenters. The number of ether oxygens (including phenoxy) is 1. The molecule has 0 radical (unpaired) electrons. The fourth-order valence-corrected chi connectivity index (χ4v) is 2.64. The third-order valence-electron chi connectivity index (χ3n) is 3.69. The van der Waals surface area contributed by atoms with Crippen molar-refractivity contribution in [3.8, 4) is 0 Å². The van der Waals surface area contributed by atoms with Crippen LogP contribution in [-0.2, 0) is 4.74 Å². The Kier molecular flexibility index (Phi) is 6.06. The van der Waals surface area contributed by atoms with E-state index in [4.69, 9.17) is 4.74 Å². The van der Waals surface area contributed by atoms with Crippen LogP contribution in [0.25, 0.3) is 0 Å². The van der Waals surface area contributed by atoms with E-state index in [2.05, 4.69) is 33.4 Å². The molecule has 0 saturated heterocycles. The molecule has 1 aliphatic carbocycles. The van der Waals surface area contributed by atoms with Gasteiger partial charge in [0.1, 0.15) is 0 Å². The number of hydrogen-bond acceptors (Lipinski definition) is 2. The summed E-state index contributed by atoms with van der Waals surface area (Å²) in [5.41, 5.74) is 0. The first-order valence-corrected chi connectivity index (χ1v) is 6.99. The maximum absolute atomic E-state index is 6.00. The molecule has 1 atom stereocenters. The number of thiol groups is 1. The third-order valence-corrected chi connectivity index (χ3v) is 4.16. The van der Waals surface area contributed by atoms with Crippen molar-refractivity contribution in [2.24, 2.45) is 17.8 Å². The first kappa shape index (κ1) is 13.4. The van der Waals surface area contributed by atoms with E-state index in [1.165, 1.54) is 25.7 Å². The molecule has 2 heteroatoms. The van der Waals surface area contributed by atoms with Crippen LogP contribution in [0.3, 0.4) is 0 Å². The van der Waals surface area contributed by atoms with E-state index in [0.29, 0.717) is 17.9 Å². The van der Waals surface area contributed by atoms with Gasteiger partial charge in [0.2, 0.25) is 0 Å². The molecule has 15 heavy (non-hydrogen) atoms. The molecule has 90 valence electrons. The van der Waals surface area contributed by atoms with Crippen LogP contribution in [0.1, 0.15) is 46.5 Å². The lowest BCUT2D eigenvalue weighted by molar-refractivity contribution is -0.00274. The molecule has 0 amide bonds. The van der Waals surface area contributed by atoms with E-state index in [-0.39, 0.29) is 0 Å². The zero-order valence-electron chi connectivity index (χ0n) is 10.4. The van der Waals surface area contributed by atoms with Gasteiger partial charge in [0.25, 0.3) is 0 Å². The normalized spacial score (nSPS) is 29.4. The zero-order chi connectivity index (χ0) is 11.3. The lowest BCUT2D eigenvalue weighted by Crippen LogP contribution is -2.25. The van der Waals surface area contributed by atoms with E-state index in [9.17, 15) is 0 Å². The molecule has 0 heterocycles. The smallest absolute Gasteiger partial charge is 0.0575 e. The summed E-state index contributed by atoms with van der Waals surface area (Å²) in [6.07, 6.45) is 5.75. The fraction of sp³-hybridized carbons (Fsp3) is 1.00. The molecule has 0 aromatic rings. The second kappa shape index (κ2) is 6.80.